The molecule has 0 amide bonds. The first-order chi connectivity index (χ1) is 34.0. The van der Waals surface area contributed by atoms with E-state index in [9.17, 15) is 9.59 Å². The molecule has 4 unspecified atom stereocenters. The Bertz CT molecular complexity index is 2280. The number of aromatic hydroxyl groups is 1. The Balaban J connectivity index is 0.000000840. The number of hydrogen-bond acceptors (Lipinski definition) is 8. The summed E-state index contributed by atoms with van der Waals surface area (Å²) in [6.45, 7) is 27.9. The van der Waals surface area contributed by atoms with Crippen molar-refractivity contribution in [2.24, 2.45) is 0 Å². The standard InChI is InChI=1S/C12H16O2.2C11H16O.C10H10O2.C10H14O.C9H10O.CH4/c1-4-9(2)11-5-7-12(8-6-11)14-10(3)13;2*1-3-9(2)11-6-4-10(8-12)5-7-11;1-3-9-4-6-10(7-5-9)12-8(2)11;1-3-8(2)9-4-6-10(11)7-5-9;1-2-8-3-5-9(7-10)6-4-8;/h5-9H,4H2,1-3H3;2*4-7,9,12H,3,8H2,1-2H3;3-7H,1H2,2H3;4-8,11H,3H2,1-2H3;2-6,10H,1,7H2;1H4. The van der Waals surface area contributed by atoms with Crippen LogP contribution in [-0.4, -0.2) is 32.4 Å². The second kappa shape index (κ2) is 38.1. The van der Waals surface area contributed by atoms with Crippen molar-refractivity contribution in [3.63, 3.8) is 0 Å². The molecule has 0 fully saturated rings. The summed E-state index contributed by atoms with van der Waals surface area (Å²) < 4.78 is 9.78. The van der Waals surface area contributed by atoms with Gasteiger partial charge in [-0.25, -0.2) is 0 Å². The largest absolute Gasteiger partial charge is 0.508 e. The average Bonchev–Trinajstić information content (AvgIpc) is 3.41. The molecule has 4 N–H and O–H groups in total. The summed E-state index contributed by atoms with van der Waals surface area (Å²) in [5.74, 6) is 3.34. The lowest BCUT2D eigenvalue weighted by atomic mass is 9.98. The Morgan fingerprint density at radius 2 is 0.653 bits per heavy atom. The van der Waals surface area contributed by atoms with E-state index in [4.69, 9.17) is 29.9 Å². The van der Waals surface area contributed by atoms with Gasteiger partial charge < -0.3 is 29.9 Å². The van der Waals surface area contributed by atoms with Crippen LogP contribution < -0.4 is 9.47 Å². The maximum atomic E-state index is 10.7. The summed E-state index contributed by atoms with van der Waals surface area (Å²) in [5, 5.41) is 35.3. The van der Waals surface area contributed by atoms with Crippen molar-refractivity contribution >= 4 is 24.1 Å². The fourth-order valence-corrected chi connectivity index (χ4v) is 6.28. The molecule has 0 bridgehead atoms. The van der Waals surface area contributed by atoms with Crippen molar-refractivity contribution in [1.82, 2.24) is 0 Å². The van der Waals surface area contributed by atoms with Gasteiger partial charge in [0, 0.05) is 13.8 Å². The van der Waals surface area contributed by atoms with Crippen molar-refractivity contribution in [1.29, 1.82) is 0 Å². The predicted molar refractivity (Wildman–Crippen MR) is 302 cm³/mol. The van der Waals surface area contributed by atoms with E-state index in [1.807, 2.05) is 97.1 Å². The van der Waals surface area contributed by atoms with Gasteiger partial charge in [-0.2, -0.15) is 0 Å². The molecule has 0 aromatic heterocycles. The SMILES string of the molecule is C.C=Cc1ccc(CO)cc1.C=Cc1ccc(OC(C)=O)cc1.CCC(C)c1ccc(CO)cc1.CCC(C)c1ccc(CO)cc1.CCC(C)c1ccc(O)cc1.CCC(C)c1ccc(OC(C)=O)cc1. The van der Waals surface area contributed by atoms with E-state index in [2.05, 4.69) is 92.8 Å². The van der Waals surface area contributed by atoms with Crippen molar-refractivity contribution in [3.8, 4) is 17.2 Å². The van der Waals surface area contributed by atoms with Crippen LogP contribution in [0.15, 0.2) is 159 Å². The summed E-state index contributed by atoms with van der Waals surface area (Å²) in [4.78, 5) is 21.2. The topological polar surface area (TPSA) is 134 Å². The lowest BCUT2D eigenvalue weighted by Gasteiger charge is -2.09. The number of ether oxygens (including phenoxy) is 2. The van der Waals surface area contributed by atoms with E-state index in [0.717, 1.165) is 40.7 Å². The number of aliphatic hydroxyl groups is 3. The van der Waals surface area contributed by atoms with Crippen molar-refractivity contribution in [2.45, 2.75) is 146 Å². The molecule has 72 heavy (non-hydrogen) atoms. The quantitative estimate of drug-likeness (QED) is 0.0591. The molecular weight excluding hydrogens is 897 g/mol. The van der Waals surface area contributed by atoms with Gasteiger partial charge in [-0.05, 0) is 136 Å². The highest BCUT2D eigenvalue weighted by atomic mass is 16.5. The van der Waals surface area contributed by atoms with E-state index in [1.54, 1.807) is 36.4 Å². The third-order valence-corrected chi connectivity index (χ3v) is 11.9. The van der Waals surface area contributed by atoms with Gasteiger partial charge in [0.1, 0.15) is 17.2 Å². The van der Waals surface area contributed by atoms with Crippen LogP contribution in [-0.2, 0) is 29.4 Å². The fourth-order valence-electron chi connectivity index (χ4n) is 6.28. The monoisotopic (exact) mass is 983 g/mol. The Labute approximate surface area is 433 Å². The Kier molecular flexibility index (Phi) is 34.7. The third-order valence-electron chi connectivity index (χ3n) is 11.9. The predicted octanol–water partition coefficient (Wildman–Crippen LogP) is 16.1. The van der Waals surface area contributed by atoms with Crippen LogP contribution in [0.1, 0.15) is 176 Å². The van der Waals surface area contributed by atoms with Gasteiger partial charge in [0.25, 0.3) is 0 Å². The molecule has 0 saturated heterocycles. The molecule has 6 aromatic rings. The van der Waals surface area contributed by atoms with Crippen molar-refractivity contribution in [3.05, 3.63) is 209 Å². The van der Waals surface area contributed by atoms with Crippen LogP contribution in [0.2, 0.25) is 0 Å². The number of rotatable bonds is 15. The molecular formula is C64H86O8. The Morgan fingerprint density at radius 3 is 0.889 bits per heavy atom. The smallest absolute Gasteiger partial charge is 0.308 e. The zero-order valence-electron chi connectivity index (χ0n) is 44.1. The minimum Gasteiger partial charge on any atom is -0.508 e. The third kappa shape index (κ3) is 27.1. The molecule has 8 heteroatoms. The van der Waals surface area contributed by atoms with E-state index >= 15 is 0 Å². The molecule has 0 spiro atoms. The summed E-state index contributed by atoms with van der Waals surface area (Å²) >= 11 is 0. The molecule has 0 aliphatic heterocycles. The van der Waals surface area contributed by atoms with Crippen molar-refractivity contribution < 1.29 is 39.5 Å². The van der Waals surface area contributed by atoms with Gasteiger partial charge >= 0.3 is 11.9 Å². The number of hydrogen-bond donors (Lipinski definition) is 4. The van der Waals surface area contributed by atoms with Crippen molar-refractivity contribution in [2.75, 3.05) is 0 Å². The highest BCUT2D eigenvalue weighted by Crippen LogP contribution is 2.23. The molecule has 4 atom stereocenters. The first kappa shape index (κ1) is 65.4. The molecule has 0 radical (unpaired) electrons. The highest BCUT2D eigenvalue weighted by molar-refractivity contribution is 5.69. The lowest BCUT2D eigenvalue weighted by Crippen LogP contribution is -2.01. The maximum Gasteiger partial charge on any atom is 0.308 e. The molecule has 8 nitrogen and oxygen atoms in total. The number of phenols is 1. The second-order valence-electron chi connectivity index (χ2n) is 17.3. The minimum atomic E-state index is -0.304. The average molecular weight is 983 g/mol. The number of carbonyl (C=O) groups is 2. The number of benzene rings is 6. The molecule has 0 heterocycles. The van der Waals surface area contributed by atoms with Crippen LogP contribution in [0, 0.1) is 0 Å². The van der Waals surface area contributed by atoms with Crippen LogP contribution in [0.3, 0.4) is 0 Å². The first-order valence-corrected chi connectivity index (χ1v) is 24.7. The van der Waals surface area contributed by atoms with Crippen LogP contribution in [0.5, 0.6) is 17.2 Å². The molecule has 0 saturated carbocycles. The van der Waals surface area contributed by atoms with E-state index in [-0.39, 0.29) is 39.2 Å². The molecule has 6 rings (SSSR count). The van der Waals surface area contributed by atoms with Gasteiger partial charge in [0.15, 0.2) is 0 Å². The van der Waals surface area contributed by atoms with Gasteiger partial charge in [-0.3, -0.25) is 9.59 Å². The van der Waals surface area contributed by atoms with E-state index < -0.39 is 0 Å². The van der Waals surface area contributed by atoms with Crippen LogP contribution in [0.25, 0.3) is 12.2 Å². The Morgan fingerprint density at radius 1 is 0.431 bits per heavy atom. The zero-order valence-corrected chi connectivity index (χ0v) is 44.1. The lowest BCUT2D eigenvalue weighted by molar-refractivity contribution is -0.132. The van der Waals surface area contributed by atoms with E-state index in [1.165, 1.54) is 48.9 Å². The van der Waals surface area contributed by atoms with Gasteiger partial charge in [0.05, 0.1) is 19.8 Å². The van der Waals surface area contributed by atoms with Gasteiger partial charge in [-0.1, -0.05) is 197 Å². The summed E-state index contributed by atoms with van der Waals surface area (Å²) in [6, 6.07) is 46.2. The summed E-state index contributed by atoms with van der Waals surface area (Å²) in [6.07, 6.45) is 8.10. The first-order valence-electron chi connectivity index (χ1n) is 24.7. The Hall–Kier alpha value is -6.58. The normalized spacial score (nSPS) is 11.5. The maximum absolute atomic E-state index is 10.7. The second-order valence-corrected chi connectivity index (χ2v) is 17.3. The van der Waals surface area contributed by atoms with E-state index in [0.29, 0.717) is 40.9 Å². The summed E-state index contributed by atoms with van der Waals surface area (Å²) in [5.41, 5.74) is 10.3. The highest BCUT2D eigenvalue weighted by Gasteiger charge is 2.05. The van der Waals surface area contributed by atoms with Crippen LogP contribution in [0.4, 0.5) is 0 Å². The zero-order chi connectivity index (χ0) is 53.1. The van der Waals surface area contributed by atoms with Crippen LogP contribution >= 0.6 is 0 Å². The number of phenolic OH excluding ortho intramolecular Hbond substituents is 1. The van der Waals surface area contributed by atoms with Gasteiger partial charge in [-0.15, -0.1) is 0 Å². The van der Waals surface area contributed by atoms with Gasteiger partial charge in [0.2, 0.25) is 0 Å². The summed E-state index contributed by atoms with van der Waals surface area (Å²) in [7, 11) is 0. The fraction of sp³-hybridized carbons (Fsp3) is 0.344. The molecule has 0 aliphatic carbocycles. The molecule has 0 aliphatic rings. The molecule has 390 valence electrons. The number of esters is 2. The number of carbonyl (C=O) groups excluding carboxylic acids is 2. The number of aliphatic hydroxyl groups excluding tert-OH is 3. The minimum absolute atomic E-state index is 0. The molecule has 6 aromatic carbocycles.